The second-order valence-corrected chi connectivity index (χ2v) is 5.67. The van der Waals surface area contributed by atoms with Crippen molar-refractivity contribution in [1.29, 1.82) is 0 Å². The minimum Gasteiger partial charge on any atom is -0.445 e. The first-order valence-corrected chi connectivity index (χ1v) is 7.48. The second kappa shape index (κ2) is 8.00. The van der Waals surface area contributed by atoms with Gasteiger partial charge in [0.2, 0.25) is 0 Å². The van der Waals surface area contributed by atoms with E-state index in [-0.39, 0.29) is 6.09 Å². The van der Waals surface area contributed by atoms with Crippen LogP contribution in [0, 0.1) is 0 Å². The van der Waals surface area contributed by atoms with E-state index in [2.05, 4.69) is 23.9 Å². The summed E-state index contributed by atoms with van der Waals surface area (Å²) in [4.78, 5) is 18.4. The van der Waals surface area contributed by atoms with Crippen molar-refractivity contribution in [1.82, 2.24) is 14.7 Å². The van der Waals surface area contributed by atoms with Crippen LogP contribution in [0.3, 0.4) is 0 Å². The van der Waals surface area contributed by atoms with E-state index in [1.54, 1.807) is 4.90 Å². The van der Waals surface area contributed by atoms with Gasteiger partial charge in [-0.2, -0.15) is 0 Å². The quantitative estimate of drug-likeness (QED) is 0.824. The maximum absolute atomic E-state index is 12.0. The monoisotopic (exact) mass is 291 g/mol. The molecule has 1 heterocycles. The highest BCUT2D eigenvalue weighted by Gasteiger charge is 2.21. The van der Waals surface area contributed by atoms with Gasteiger partial charge in [0.1, 0.15) is 6.61 Å². The molecule has 0 radical (unpaired) electrons. The Hall–Kier alpha value is -1.59. The van der Waals surface area contributed by atoms with E-state index in [0.717, 1.165) is 44.8 Å². The predicted octanol–water partition coefficient (Wildman–Crippen LogP) is 1.50. The summed E-state index contributed by atoms with van der Waals surface area (Å²) in [6.45, 7) is 5.81. The first-order chi connectivity index (χ1) is 10.1. The summed E-state index contributed by atoms with van der Waals surface area (Å²) in [6.07, 6.45) is -0.203. The number of benzene rings is 1. The van der Waals surface area contributed by atoms with Crippen LogP contribution in [0.1, 0.15) is 5.56 Å². The average molecular weight is 291 g/mol. The topological polar surface area (TPSA) is 36.0 Å². The number of nitrogens with zero attached hydrogens (tertiary/aromatic N) is 3. The molecular weight excluding hydrogens is 266 g/mol. The van der Waals surface area contributed by atoms with Crippen LogP contribution in [-0.2, 0) is 11.3 Å². The van der Waals surface area contributed by atoms with Crippen molar-refractivity contribution in [3.63, 3.8) is 0 Å². The molecule has 21 heavy (non-hydrogen) atoms. The molecule has 5 nitrogen and oxygen atoms in total. The Morgan fingerprint density at radius 3 is 2.43 bits per heavy atom. The van der Waals surface area contributed by atoms with Crippen LogP contribution in [0.4, 0.5) is 4.79 Å². The van der Waals surface area contributed by atoms with Crippen molar-refractivity contribution in [2.75, 3.05) is 53.4 Å². The fraction of sp³-hybridized carbons (Fsp3) is 0.562. The van der Waals surface area contributed by atoms with Crippen LogP contribution < -0.4 is 0 Å². The molecule has 5 heteroatoms. The van der Waals surface area contributed by atoms with Crippen LogP contribution in [0.5, 0.6) is 0 Å². The van der Waals surface area contributed by atoms with Gasteiger partial charge < -0.3 is 14.5 Å². The van der Waals surface area contributed by atoms with Crippen LogP contribution in [0.2, 0.25) is 0 Å². The highest BCUT2D eigenvalue weighted by atomic mass is 16.6. The van der Waals surface area contributed by atoms with Crippen LogP contribution >= 0.6 is 0 Å². The zero-order chi connectivity index (χ0) is 15.1. The molecule has 1 aliphatic heterocycles. The van der Waals surface area contributed by atoms with E-state index in [4.69, 9.17) is 4.74 Å². The molecular formula is C16H25N3O2. The molecule has 0 saturated carbocycles. The molecule has 0 aromatic heterocycles. The van der Waals surface area contributed by atoms with Crippen LogP contribution in [0.15, 0.2) is 30.3 Å². The lowest BCUT2D eigenvalue weighted by molar-refractivity contribution is 0.0702. The number of rotatable bonds is 5. The summed E-state index contributed by atoms with van der Waals surface area (Å²) in [7, 11) is 4.16. The van der Waals surface area contributed by atoms with Crippen molar-refractivity contribution in [3.05, 3.63) is 35.9 Å². The van der Waals surface area contributed by atoms with Gasteiger partial charge in [-0.3, -0.25) is 4.90 Å². The van der Waals surface area contributed by atoms with Gasteiger partial charge >= 0.3 is 6.09 Å². The SMILES string of the molecule is CN(C)CCN1CCN(C(=O)OCc2ccccc2)CC1. The summed E-state index contributed by atoms with van der Waals surface area (Å²) in [5, 5.41) is 0. The summed E-state index contributed by atoms with van der Waals surface area (Å²) in [5.41, 5.74) is 1.02. The molecule has 2 rings (SSSR count). The number of likely N-dealkylation sites (N-methyl/N-ethyl adjacent to an activating group) is 1. The minimum atomic E-state index is -0.203. The number of carbonyl (C=O) groups is 1. The molecule has 0 N–H and O–H groups in total. The number of hydrogen-bond acceptors (Lipinski definition) is 4. The zero-order valence-corrected chi connectivity index (χ0v) is 13.0. The molecule has 1 aliphatic rings. The van der Waals surface area contributed by atoms with Crippen molar-refractivity contribution in [2.45, 2.75) is 6.61 Å². The Morgan fingerprint density at radius 1 is 1.14 bits per heavy atom. The van der Waals surface area contributed by atoms with E-state index in [1.807, 2.05) is 30.3 Å². The van der Waals surface area contributed by atoms with Crippen molar-refractivity contribution < 1.29 is 9.53 Å². The van der Waals surface area contributed by atoms with Gasteiger partial charge in [0, 0.05) is 39.3 Å². The van der Waals surface area contributed by atoms with Gasteiger partial charge in [0.15, 0.2) is 0 Å². The highest BCUT2D eigenvalue weighted by Crippen LogP contribution is 2.06. The molecule has 0 spiro atoms. The number of hydrogen-bond donors (Lipinski definition) is 0. The normalized spacial score (nSPS) is 16.2. The number of amides is 1. The van der Waals surface area contributed by atoms with E-state index >= 15 is 0 Å². The lowest BCUT2D eigenvalue weighted by atomic mass is 10.2. The first kappa shape index (κ1) is 15.8. The Labute approximate surface area is 127 Å². The predicted molar refractivity (Wildman–Crippen MR) is 83.2 cm³/mol. The van der Waals surface area contributed by atoms with E-state index < -0.39 is 0 Å². The number of ether oxygens (including phenoxy) is 1. The molecule has 1 saturated heterocycles. The maximum Gasteiger partial charge on any atom is 0.410 e. The van der Waals surface area contributed by atoms with Crippen molar-refractivity contribution in [3.8, 4) is 0 Å². The summed E-state index contributed by atoms with van der Waals surface area (Å²) in [6, 6.07) is 9.79. The molecule has 0 bridgehead atoms. The van der Waals surface area contributed by atoms with Crippen LogP contribution in [-0.4, -0.2) is 74.2 Å². The van der Waals surface area contributed by atoms with Crippen molar-refractivity contribution in [2.24, 2.45) is 0 Å². The van der Waals surface area contributed by atoms with E-state index in [0.29, 0.717) is 6.61 Å². The van der Waals surface area contributed by atoms with Gasteiger partial charge in [-0.25, -0.2) is 4.79 Å². The summed E-state index contributed by atoms with van der Waals surface area (Å²) >= 11 is 0. The lowest BCUT2D eigenvalue weighted by Crippen LogP contribution is -2.50. The van der Waals surface area contributed by atoms with Gasteiger partial charge in [-0.05, 0) is 19.7 Å². The van der Waals surface area contributed by atoms with Gasteiger partial charge in [-0.1, -0.05) is 30.3 Å². The lowest BCUT2D eigenvalue weighted by Gasteiger charge is -2.34. The van der Waals surface area contributed by atoms with Gasteiger partial charge in [0.25, 0.3) is 0 Å². The molecule has 116 valence electrons. The van der Waals surface area contributed by atoms with E-state index in [9.17, 15) is 4.79 Å². The maximum atomic E-state index is 12.0. The zero-order valence-electron chi connectivity index (χ0n) is 13.0. The smallest absolute Gasteiger partial charge is 0.410 e. The van der Waals surface area contributed by atoms with E-state index in [1.165, 1.54) is 0 Å². The second-order valence-electron chi connectivity index (χ2n) is 5.67. The molecule has 0 unspecified atom stereocenters. The third kappa shape index (κ3) is 5.36. The standard InChI is InChI=1S/C16H25N3O2/c1-17(2)8-9-18-10-12-19(13-11-18)16(20)21-14-15-6-4-3-5-7-15/h3-7H,8-14H2,1-2H3. The summed E-state index contributed by atoms with van der Waals surface area (Å²) < 4.78 is 5.36. The molecule has 0 aliphatic carbocycles. The Bertz CT molecular complexity index is 428. The Morgan fingerprint density at radius 2 is 1.81 bits per heavy atom. The highest BCUT2D eigenvalue weighted by molar-refractivity contribution is 5.67. The number of carbonyl (C=O) groups excluding carboxylic acids is 1. The van der Waals surface area contributed by atoms with Crippen molar-refractivity contribution >= 4 is 6.09 Å². The van der Waals surface area contributed by atoms with Gasteiger partial charge in [0.05, 0.1) is 0 Å². The fourth-order valence-corrected chi connectivity index (χ4v) is 2.31. The summed E-state index contributed by atoms with van der Waals surface area (Å²) in [5.74, 6) is 0. The third-order valence-corrected chi connectivity index (χ3v) is 3.70. The number of piperazine rings is 1. The largest absolute Gasteiger partial charge is 0.445 e. The minimum absolute atomic E-state index is 0.203. The fourth-order valence-electron chi connectivity index (χ4n) is 2.31. The Kier molecular flexibility index (Phi) is 6.02. The van der Waals surface area contributed by atoms with Gasteiger partial charge in [-0.15, -0.1) is 0 Å². The molecule has 1 aromatic rings. The Balaban J connectivity index is 1.68. The third-order valence-electron chi connectivity index (χ3n) is 3.70. The molecule has 1 aromatic carbocycles. The molecule has 1 amide bonds. The first-order valence-electron chi connectivity index (χ1n) is 7.48. The van der Waals surface area contributed by atoms with Crippen LogP contribution in [0.25, 0.3) is 0 Å². The molecule has 1 fully saturated rings. The molecule has 0 atom stereocenters. The average Bonchev–Trinajstić information content (AvgIpc) is 2.52.